The number of nitrogens with one attached hydrogen (secondary N) is 1. The highest BCUT2D eigenvalue weighted by atomic mass is 79.9. The second kappa shape index (κ2) is 6.60. The molecular formula is C11H16BrN3O. The second-order valence-electron chi connectivity index (χ2n) is 3.78. The lowest BCUT2D eigenvalue weighted by Gasteiger charge is -2.09. The number of hydrogen-bond acceptors (Lipinski definition) is 3. The predicted octanol–water partition coefficient (Wildman–Crippen LogP) is 2.16. The summed E-state index contributed by atoms with van der Waals surface area (Å²) in [5, 5.41) is 2.82. The monoisotopic (exact) mass is 285 g/mol. The molecule has 0 aliphatic carbocycles. The molecule has 0 bridgehead atoms. The summed E-state index contributed by atoms with van der Waals surface area (Å²) in [5.74, 6) is 0.388. The fourth-order valence-electron chi connectivity index (χ4n) is 1.18. The molecule has 88 valence electrons. The van der Waals surface area contributed by atoms with Gasteiger partial charge in [-0.05, 0) is 40.9 Å². The zero-order chi connectivity index (χ0) is 12.0. The van der Waals surface area contributed by atoms with E-state index in [0.717, 1.165) is 16.6 Å². The molecule has 0 aliphatic rings. The van der Waals surface area contributed by atoms with Crippen LogP contribution in [0.15, 0.2) is 22.9 Å². The summed E-state index contributed by atoms with van der Waals surface area (Å²) in [4.78, 5) is 15.5. The third kappa shape index (κ3) is 4.28. The molecule has 0 aromatic carbocycles. The van der Waals surface area contributed by atoms with Gasteiger partial charge in [0, 0.05) is 18.8 Å². The van der Waals surface area contributed by atoms with Crippen molar-refractivity contribution >= 4 is 27.5 Å². The Morgan fingerprint density at radius 1 is 1.69 bits per heavy atom. The summed E-state index contributed by atoms with van der Waals surface area (Å²) < 4.78 is 0.787. The Hall–Kier alpha value is -0.940. The van der Waals surface area contributed by atoms with Gasteiger partial charge in [-0.15, -0.1) is 0 Å². The van der Waals surface area contributed by atoms with Crippen molar-refractivity contribution in [1.29, 1.82) is 0 Å². The van der Waals surface area contributed by atoms with Gasteiger partial charge in [0.25, 0.3) is 0 Å². The topological polar surface area (TPSA) is 68.0 Å². The molecule has 0 spiro atoms. The van der Waals surface area contributed by atoms with Gasteiger partial charge >= 0.3 is 0 Å². The van der Waals surface area contributed by atoms with Gasteiger partial charge in [0.05, 0.1) is 10.2 Å². The largest absolute Gasteiger partial charge is 0.330 e. The average Bonchev–Trinajstić information content (AvgIpc) is 2.29. The van der Waals surface area contributed by atoms with Crippen molar-refractivity contribution in [1.82, 2.24) is 4.98 Å². The molecule has 1 aromatic rings. The number of nitrogens with two attached hydrogens (primary N) is 1. The lowest BCUT2D eigenvalue weighted by atomic mass is 10.1. The molecule has 0 saturated heterocycles. The zero-order valence-corrected chi connectivity index (χ0v) is 10.8. The molecule has 1 unspecified atom stereocenters. The van der Waals surface area contributed by atoms with Gasteiger partial charge in [-0.1, -0.05) is 6.92 Å². The molecule has 0 fully saturated rings. The number of rotatable bonds is 5. The number of halogens is 1. The predicted molar refractivity (Wildman–Crippen MR) is 68.0 cm³/mol. The summed E-state index contributed by atoms with van der Waals surface area (Å²) >= 11 is 3.32. The minimum absolute atomic E-state index is 0.00667. The van der Waals surface area contributed by atoms with E-state index in [4.69, 9.17) is 5.73 Å². The van der Waals surface area contributed by atoms with Crippen LogP contribution in [0.3, 0.4) is 0 Å². The first-order chi connectivity index (χ1) is 7.63. The summed E-state index contributed by atoms with van der Waals surface area (Å²) in [6.45, 7) is 2.65. The Bertz CT molecular complexity index is 357. The minimum atomic E-state index is 0.00667. The Morgan fingerprint density at radius 3 is 3.06 bits per heavy atom. The van der Waals surface area contributed by atoms with Gasteiger partial charge in [-0.2, -0.15) is 0 Å². The maximum atomic E-state index is 11.6. The van der Waals surface area contributed by atoms with Gasteiger partial charge in [0.1, 0.15) is 0 Å². The van der Waals surface area contributed by atoms with Crippen LogP contribution in [0.25, 0.3) is 0 Å². The van der Waals surface area contributed by atoms with Crippen molar-refractivity contribution in [3.63, 3.8) is 0 Å². The summed E-state index contributed by atoms with van der Waals surface area (Å²) in [5.41, 5.74) is 6.24. The first-order valence-electron chi connectivity index (χ1n) is 5.23. The van der Waals surface area contributed by atoms with Gasteiger partial charge in [0.15, 0.2) is 0 Å². The highest BCUT2D eigenvalue weighted by Gasteiger charge is 2.07. The smallest absolute Gasteiger partial charge is 0.224 e. The number of carbonyl (C=O) groups is 1. The number of pyridine rings is 1. The van der Waals surface area contributed by atoms with Crippen LogP contribution in [-0.4, -0.2) is 17.4 Å². The van der Waals surface area contributed by atoms with Crippen molar-refractivity contribution < 1.29 is 4.79 Å². The van der Waals surface area contributed by atoms with E-state index in [9.17, 15) is 4.79 Å². The maximum Gasteiger partial charge on any atom is 0.224 e. The van der Waals surface area contributed by atoms with E-state index in [1.807, 2.05) is 6.92 Å². The van der Waals surface area contributed by atoms with E-state index in [1.165, 1.54) is 0 Å². The molecular weight excluding hydrogens is 270 g/mol. The molecule has 3 N–H and O–H groups in total. The standard InChI is InChI=1S/C11H16BrN3O/c1-8(6-13)2-3-11(16)15-10-4-5-14-7-9(10)12/h4-5,7-8H,2-3,6,13H2,1H3,(H,14,15,16). The summed E-state index contributed by atoms with van der Waals surface area (Å²) in [6.07, 6.45) is 4.60. The number of anilines is 1. The van der Waals surface area contributed by atoms with Crippen LogP contribution in [0.4, 0.5) is 5.69 Å². The van der Waals surface area contributed by atoms with Crippen molar-refractivity contribution in [2.75, 3.05) is 11.9 Å². The van der Waals surface area contributed by atoms with Crippen molar-refractivity contribution in [3.05, 3.63) is 22.9 Å². The van der Waals surface area contributed by atoms with Crippen LogP contribution in [0, 0.1) is 5.92 Å². The van der Waals surface area contributed by atoms with Gasteiger partial charge in [0.2, 0.25) is 5.91 Å². The second-order valence-corrected chi connectivity index (χ2v) is 4.64. The Morgan fingerprint density at radius 2 is 2.44 bits per heavy atom. The first kappa shape index (κ1) is 13.1. The van der Waals surface area contributed by atoms with Crippen LogP contribution < -0.4 is 11.1 Å². The molecule has 1 rings (SSSR count). The third-order valence-electron chi connectivity index (χ3n) is 2.31. The number of hydrogen-bond donors (Lipinski definition) is 2. The molecule has 1 atom stereocenters. The maximum absolute atomic E-state index is 11.6. The summed E-state index contributed by atoms with van der Waals surface area (Å²) in [7, 11) is 0. The van der Waals surface area contributed by atoms with E-state index in [2.05, 4.69) is 26.2 Å². The Labute approximate surface area is 104 Å². The molecule has 1 aromatic heterocycles. The van der Waals surface area contributed by atoms with Gasteiger partial charge < -0.3 is 11.1 Å². The summed E-state index contributed by atoms with van der Waals surface area (Å²) in [6, 6.07) is 1.76. The van der Waals surface area contributed by atoms with Crippen LogP contribution in [0.5, 0.6) is 0 Å². The molecule has 5 heteroatoms. The highest BCUT2D eigenvalue weighted by Crippen LogP contribution is 2.20. The van der Waals surface area contributed by atoms with Crippen molar-refractivity contribution in [2.45, 2.75) is 19.8 Å². The Balaban J connectivity index is 2.43. The van der Waals surface area contributed by atoms with E-state index < -0.39 is 0 Å². The molecule has 1 amide bonds. The molecule has 0 radical (unpaired) electrons. The number of amides is 1. The van der Waals surface area contributed by atoms with Gasteiger partial charge in [-0.25, -0.2) is 0 Å². The highest BCUT2D eigenvalue weighted by molar-refractivity contribution is 9.10. The van der Waals surface area contributed by atoms with E-state index in [1.54, 1.807) is 18.5 Å². The van der Waals surface area contributed by atoms with Crippen molar-refractivity contribution in [2.24, 2.45) is 11.7 Å². The molecule has 0 saturated carbocycles. The van der Waals surface area contributed by atoms with Crippen LogP contribution >= 0.6 is 15.9 Å². The van der Waals surface area contributed by atoms with E-state index >= 15 is 0 Å². The minimum Gasteiger partial charge on any atom is -0.330 e. The zero-order valence-electron chi connectivity index (χ0n) is 9.24. The van der Waals surface area contributed by atoms with Gasteiger partial charge in [-0.3, -0.25) is 9.78 Å². The quantitative estimate of drug-likeness (QED) is 0.871. The third-order valence-corrected chi connectivity index (χ3v) is 2.95. The fourth-order valence-corrected chi connectivity index (χ4v) is 1.53. The fraction of sp³-hybridized carbons (Fsp3) is 0.455. The van der Waals surface area contributed by atoms with E-state index in [-0.39, 0.29) is 5.91 Å². The number of nitrogens with zero attached hydrogens (tertiary/aromatic N) is 1. The lowest BCUT2D eigenvalue weighted by Crippen LogP contribution is -2.16. The van der Waals surface area contributed by atoms with Crippen molar-refractivity contribution in [3.8, 4) is 0 Å². The molecule has 4 nitrogen and oxygen atoms in total. The lowest BCUT2D eigenvalue weighted by molar-refractivity contribution is -0.116. The SMILES string of the molecule is CC(CN)CCC(=O)Nc1ccncc1Br. The van der Waals surface area contributed by atoms with Crippen LogP contribution in [0.2, 0.25) is 0 Å². The number of aromatic nitrogens is 1. The molecule has 16 heavy (non-hydrogen) atoms. The Kier molecular flexibility index (Phi) is 5.42. The van der Waals surface area contributed by atoms with Crippen LogP contribution in [-0.2, 0) is 4.79 Å². The molecule has 0 aliphatic heterocycles. The van der Waals surface area contributed by atoms with Crippen LogP contribution in [0.1, 0.15) is 19.8 Å². The average molecular weight is 286 g/mol. The normalized spacial score (nSPS) is 12.2. The number of carbonyl (C=O) groups excluding carboxylic acids is 1. The molecule has 1 heterocycles. The van der Waals surface area contributed by atoms with E-state index in [0.29, 0.717) is 18.9 Å². The first-order valence-corrected chi connectivity index (χ1v) is 6.02.